The molecule has 0 aromatic heterocycles. The second-order valence-electron chi connectivity index (χ2n) is 6.04. The highest BCUT2D eigenvalue weighted by Gasteiger charge is 2.17. The van der Waals surface area contributed by atoms with E-state index in [1.807, 2.05) is 42.5 Å². The summed E-state index contributed by atoms with van der Waals surface area (Å²) in [5.74, 6) is -0.0710. The van der Waals surface area contributed by atoms with Crippen LogP contribution in [-0.2, 0) is 6.54 Å². The minimum atomic E-state index is -0.0710. The first-order valence-electron chi connectivity index (χ1n) is 8.12. The normalized spacial score (nSPS) is 18.6. The topological polar surface area (TPSA) is 44.4 Å². The number of hydrogen-bond acceptors (Lipinski definition) is 3. The third-order valence-corrected chi connectivity index (χ3v) is 4.27. The molecule has 1 saturated heterocycles. The van der Waals surface area contributed by atoms with Crippen molar-refractivity contribution in [3.63, 3.8) is 0 Å². The minimum Gasteiger partial charge on any atom is -0.322 e. The average molecular weight is 309 g/mol. The van der Waals surface area contributed by atoms with Crippen molar-refractivity contribution in [1.82, 2.24) is 10.2 Å². The van der Waals surface area contributed by atoms with E-state index >= 15 is 0 Å². The van der Waals surface area contributed by atoms with Crippen molar-refractivity contribution in [2.75, 3.05) is 25.0 Å². The Morgan fingerprint density at radius 3 is 2.61 bits per heavy atom. The number of para-hydroxylation sites is 1. The van der Waals surface area contributed by atoms with E-state index in [0.717, 1.165) is 31.9 Å². The van der Waals surface area contributed by atoms with Gasteiger partial charge in [-0.05, 0) is 36.8 Å². The van der Waals surface area contributed by atoms with Gasteiger partial charge < -0.3 is 10.6 Å². The van der Waals surface area contributed by atoms with Gasteiger partial charge in [-0.2, -0.15) is 0 Å². The maximum Gasteiger partial charge on any atom is 0.255 e. The van der Waals surface area contributed by atoms with Crippen molar-refractivity contribution in [1.29, 1.82) is 0 Å². The Hall–Kier alpha value is -2.17. The van der Waals surface area contributed by atoms with Gasteiger partial charge in [-0.1, -0.05) is 30.3 Å². The lowest BCUT2D eigenvalue weighted by Crippen LogP contribution is -2.49. The van der Waals surface area contributed by atoms with E-state index in [2.05, 4.69) is 34.6 Å². The number of anilines is 1. The number of carbonyl (C=O) groups excluding carboxylic acids is 1. The van der Waals surface area contributed by atoms with Crippen LogP contribution >= 0.6 is 0 Å². The van der Waals surface area contributed by atoms with E-state index in [-0.39, 0.29) is 5.91 Å². The number of hydrogen-bond donors (Lipinski definition) is 2. The van der Waals surface area contributed by atoms with Crippen molar-refractivity contribution in [2.45, 2.75) is 19.5 Å². The Labute approximate surface area is 137 Å². The minimum absolute atomic E-state index is 0.0710. The molecule has 0 bridgehead atoms. The highest BCUT2D eigenvalue weighted by atomic mass is 16.1. The third kappa shape index (κ3) is 4.18. The molecule has 1 fully saturated rings. The zero-order valence-electron chi connectivity index (χ0n) is 13.5. The van der Waals surface area contributed by atoms with Crippen molar-refractivity contribution in [3.05, 3.63) is 65.7 Å². The van der Waals surface area contributed by atoms with Crippen LogP contribution in [0.25, 0.3) is 0 Å². The fraction of sp³-hybridized carbons (Fsp3) is 0.316. The molecule has 0 aliphatic carbocycles. The van der Waals surface area contributed by atoms with Crippen molar-refractivity contribution in [2.24, 2.45) is 0 Å². The van der Waals surface area contributed by atoms with Crippen LogP contribution in [0.15, 0.2) is 54.6 Å². The summed E-state index contributed by atoms with van der Waals surface area (Å²) in [5.41, 5.74) is 2.75. The van der Waals surface area contributed by atoms with Crippen LogP contribution in [0.3, 0.4) is 0 Å². The molecular weight excluding hydrogens is 286 g/mol. The molecule has 120 valence electrons. The van der Waals surface area contributed by atoms with E-state index in [1.165, 1.54) is 5.56 Å². The van der Waals surface area contributed by atoms with Crippen LogP contribution in [0.5, 0.6) is 0 Å². The van der Waals surface area contributed by atoms with Crippen LogP contribution in [0, 0.1) is 0 Å². The molecular formula is C19H23N3O. The van der Waals surface area contributed by atoms with Crippen LogP contribution in [0.2, 0.25) is 0 Å². The zero-order chi connectivity index (χ0) is 16.1. The van der Waals surface area contributed by atoms with Gasteiger partial charge in [-0.3, -0.25) is 9.69 Å². The average Bonchev–Trinajstić information content (AvgIpc) is 2.58. The fourth-order valence-electron chi connectivity index (χ4n) is 2.84. The smallest absolute Gasteiger partial charge is 0.255 e. The summed E-state index contributed by atoms with van der Waals surface area (Å²) in [6, 6.07) is 18.0. The predicted octanol–water partition coefficient (Wildman–Crippen LogP) is 2.73. The van der Waals surface area contributed by atoms with Gasteiger partial charge in [0, 0.05) is 43.5 Å². The molecule has 4 heteroatoms. The fourth-order valence-corrected chi connectivity index (χ4v) is 2.84. The lowest BCUT2D eigenvalue weighted by molar-refractivity contribution is 0.102. The van der Waals surface area contributed by atoms with Gasteiger partial charge in [-0.25, -0.2) is 0 Å². The molecule has 23 heavy (non-hydrogen) atoms. The third-order valence-electron chi connectivity index (χ3n) is 4.27. The number of carbonyl (C=O) groups is 1. The van der Waals surface area contributed by atoms with Crippen LogP contribution in [0.4, 0.5) is 5.69 Å². The summed E-state index contributed by atoms with van der Waals surface area (Å²) < 4.78 is 0. The number of nitrogens with zero attached hydrogens (tertiary/aromatic N) is 1. The predicted molar refractivity (Wildman–Crippen MR) is 93.6 cm³/mol. The standard InChI is InChI=1S/C19H23N3O/c1-15-13-20-11-12-22(15)14-16-7-9-17(10-8-16)19(23)21-18-5-3-2-4-6-18/h2-10,15,20H,11-14H2,1H3,(H,21,23)/t15-/m1/s1. The summed E-state index contributed by atoms with van der Waals surface area (Å²) >= 11 is 0. The lowest BCUT2D eigenvalue weighted by Gasteiger charge is -2.33. The molecule has 1 aliphatic heterocycles. The summed E-state index contributed by atoms with van der Waals surface area (Å²) in [6.45, 7) is 6.33. The van der Waals surface area contributed by atoms with E-state index in [0.29, 0.717) is 11.6 Å². The Kier molecular flexibility index (Phi) is 5.05. The van der Waals surface area contributed by atoms with E-state index in [1.54, 1.807) is 0 Å². The Morgan fingerprint density at radius 2 is 1.91 bits per heavy atom. The van der Waals surface area contributed by atoms with Crippen LogP contribution < -0.4 is 10.6 Å². The maximum atomic E-state index is 12.2. The van der Waals surface area contributed by atoms with Gasteiger partial charge in [0.1, 0.15) is 0 Å². The molecule has 2 aromatic rings. The molecule has 1 heterocycles. The van der Waals surface area contributed by atoms with Crippen molar-refractivity contribution < 1.29 is 4.79 Å². The van der Waals surface area contributed by atoms with E-state index < -0.39 is 0 Å². The number of rotatable bonds is 4. The molecule has 4 nitrogen and oxygen atoms in total. The van der Waals surface area contributed by atoms with Gasteiger partial charge in [-0.15, -0.1) is 0 Å². The maximum absolute atomic E-state index is 12.2. The molecule has 1 aliphatic rings. The molecule has 0 saturated carbocycles. The number of piperazine rings is 1. The van der Waals surface area contributed by atoms with Gasteiger partial charge in [0.25, 0.3) is 5.91 Å². The first-order chi connectivity index (χ1) is 11.2. The largest absolute Gasteiger partial charge is 0.322 e. The second kappa shape index (κ2) is 7.40. The van der Waals surface area contributed by atoms with Gasteiger partial charge in [0.05, 0.1) is 0 Å². The number of nitrogens with one attached hydrogen (secondary N) is 2. The molecule has 0 spiro atoms. The quantitative estimate of drug-likeness (QED) is 0.913. The monoisotopic (exact) mass is 309 g/mol. The summed E-state index contributed by atoms with van der Waals surface area (Å²) in [7, 11) is 0. The second-order valence-corrected chi connectivity index (χ2v) is 6.04. The van der Waals surface area contributed by atoms with Crippen molar-refractivity contribution in [3.8, 4) is 0 Å². The van der Waals surface area contributed by atoms with Crippen LogP contribution in [-0.4, -0.2) is 36.5 Å². The highest BCUT2D eigenvalue weighted by molar-refractivity contribution is 6.04. The Bertz CT molecular complexity index is 639. The van der Waals surface area contributed by atoms with Crippen molar-refractivity contribution >= 4 is 11.6 Å². The molecule has 2 N–H and O–H groups in total. The number of amides is 1. The van der Waals surface area contributed by atoms with E-state index in [9.17, 15) is 4.79 Å². The lowest BCUT2D eigenvalue weighted by atomic mass is 10.1. The summed E-state index contributed by atoms with van der Waals surface area (Å²) in [4.78, 5) is 14.7. The van der Waals surface area contributed by atoms with Gasteiger partial charge >= 0.3 is 0 Å². The Balaban J connectivity index is 1.61. The summed E-state index contributed by atoms with van der Waals surface area (Å²) in [6.07, 6.45) is 0. The molecule has 0 radical (unpaired) electrons. The van der Waals surface area contributed by atoms with Crippen LogP contribution in [0.1, 0.15) is 22.8 Å². The molecule has 3 rings (SSSR count). The molecule has 0 unspecified atom stereocenters. The Morgan fingerprint density at radius 1 is 1.17 bits per heavy atom. The number of benzene rings is 2. The molecule has 2 aromatic carbocycles. The SMILES string of the molecule is C[C@@H]1CNCCN1Cc1ccc(C(=O)Nc2ccccc2)cc1. The van der Waals surface area contributed by atoms with Gasteiger partial charge in [0.15, 0.2) is 0 Å². The summed E-state index contributed by atoms with van der Waals surface area (Å²) in [5, 5.41) is 6.31. The first kappa shape index (κ1) is 15.7. The molecule has 1 atom stereocenters. The first-order valence-corrected chi connectivity index (χ1v) is 8.12. The van der Waals surface area contributed by atoms with E-state index in [4.69, 9.17) is 0 Å². The zero-order valence-corrected chi connectivity index (χ0v) is 13.5. The van der Waals surface area contributed by atoms with Gasteiger partial charge in [0.2, 0.25) is 0 Å². The highest BCUT2D eigenvalue weighted by Crippen LogP contribution is 2.13. The molecule has 1 amide bonds.